The first kappa shape index (κ1) is 11.5. The third kappa shape index (κ3) is 2.23. The molecular weight excluding hydrogens is 217 g/mol. The third-order valence-corrected chi connectivity index (χ3v) is 2.70. The average molecular weight is 229 g/mol. The molecule has 1 aromatic heterocycles. The molecule has 17 heavy (non-hydrogen) atoms. The molecule has 0 bridgehead atoms. The molecule has 2 aromatic rings. The molecular formula is C14H12FNO. The normalized spacial score (nSPS) is 10.3. The minimum absolute atomic E-state index is 0.0950. The van der Waals surface area contributed by atoms with Crippen LogP contribution in [0.25, 0.3) is 0 Å². The predicted molar refractivity (Wildman–Crippen MR) is 63.5 cm³/mol. The first-order valence-electron chi connectivity index (χ1n) is 5.31. The maximum Gasteiger partial charge on any atom is 0.193 e. The van der Waals surface area contributed by atoms with Crippen LogP contribution in [0.5, 0.6) is 0 Å². The van der Waals surface area contributed by atoms with Gasteiger partial charge in [0.25, 0.3) is 0 Å². The number of hydrogen-bond donors (Lipinski definition) is 0. The Morgan fingerprint density at radius 2 is 1.82 bits per heavy atom. The van der Waals surface area contributed by atoms with Crippen molar-refractivity contribution < 1.29 is 9.18 Å². The first-order chi connectivity index (χ1) is 8.09. The molecule has 0 amide bonds. The van der Waals surface area contributed by atoms with Crippen LogP contribution < -0.4 is 0 Å². The molecule has 0 unspecified atom stereocenters. The van der Waals surface area contributed by atoms with E-state index in [1.54, 1.807) is 25.4 Å². The van der Waals surface area contributed by atoms with E-state index < -0.39 is 0 Å². The van der Waals surface area contributed by atoms with Crippen molar-refractivity contribution in [2.24, 2.45) is 0 Å². The smallest absolute Gasteiger partial charge is 0.193 e. The molecule has 0 saturated carbocycles. The van der Waals surface area contributed by atoms with E-state index in [-0.39, 0.29) is 11.6 Å². The molecule has 86 valence electrons. The number of aryl methyl sites for hydroxylation is 2. The molecule has 0 aliphatic rings. The molecule has 0 atom stereocenters. The van der Waals surface area contributed by atoms with E-state index in [4.69, 9.17) is 0 Å². The van der Waals surface area contributed by atoms with Crippen LogP contribution in [0.4, 0.5) is 4.39 Å². The molecule has 1 heterocycles. The minimum Gasteiger partial charge on any atom is -0.289 e. The summed E-state index contributed by atoms with van der Waals surface area (Å²) < 4.78 is 13.0. The summed E-state index contributed by atoms with van der Waals surface area (Å²) in [4.78, 5) is 16.2. The molecule has 0 saturated heterocycles. The van der Waals surface area contributed by atoms with Crippen LogP contribution in [0.1, 0.15) is 27.0 Å². The number of nitrogens with zero attached hydrogens (tertiary/aromatic N) is 1. The van der Waals surface area contributed by atoms with Gasteiger partial charge < -0.3 is 0 Å². The quantitative estimate of drug-likeness (QED) is 0.741. The van der Waals surface area contributed by atoms with Crippen molar-refractivity contribution in [3.8, 4) is 0 Å². The number of benzene rings is 1. The van der Waals surface area contributed by atoms with Gasteiger partial charge in [0, 0.05) is 23.5 Å². The number of halogens is 1. The fourth-order valence-electron chi connectivity index (χ4n) is 1.76. The van der Waals surface area contributed by atoms with E-state index in [1.807, 2.05) is 6.92 Å². The molecule has 0 spiro atoms. The van der Waals surface area contributed by atoms with Crippen molar-refractivity contribution in [1.82, 2.24) is 4.98 Å². The summed E-state index contributed by atoms with van der Waals surface area (Å²) in [6.07, 6.45) is 3.23. The van der Waals surface area contributed by atoms with Crippen LogP contribution in [-0.4, -0.2) is 10.8 Å². The highest BCUT2D eigenvalue weighted by Gasteiger charge is 2.13. The van der Waals surface area contributed by atoms with Gasteiger partial charge in [0.15, 0.2) is 5.78 Å². The van der Waals surface area contributed by atoms with E-state index in [0.29, 0.717) is 16.7 Å². The molecule has 0 radical (unpaired) electrons. The van der Waals surface area contributed by atoms with Crippen molar-refractivity contribution in [2.45, 2.75) is 13.8 Å². The first-order valence-corrected chi connectivity index (χ1v) is 5.31. The van der Waals surface area contributed by atoms with Crippen LogP contribution in [0.15, 0.2) is 36.7 Å². The molecule has 3 heteroatoms. The second-order valence-corrected chi connectivity index (χ2v) is 3.98. The molecule has 0 fully saturated rings. The van der Waals surface area contributed by atoms with E-state index in [1.165, 1.54) is 18.2 Å². The topological polar surface area (TPSA) is 30.0 Å². The zero-order valence-electron chi connectivity index (χ0n) is 9.70. The van der Waals surface area contributed by atoms with Crippen molar-refractivity contribution in [3.05, 3.63) is 64.7 Å². The molecule has 0 aliphatic carbocycles. The molecule has 0 aliphatic heterocycles. The van der Waals surface area contributed by atoms with Crippen molar-refractivity contribution >= 4 is 5.78 Å². The highest BCUT2D eigenvalue weighted by molar-refractivity contribution is 6.10. The van der Waals surface area contributed by atoms with Gasteiger partial charge in [0.2, 0.25) is 0 Å². The van der Waals surface area contributed by atoms with E-state index in [0.717, 1.165) is 5.56 Å². The summed E-state index contributed by atoms with van der Waals surface area (Å²) in [5.41, 5.74) is 2.60. The van der Waals surface area contributed by atoms with E-state index in [2.05, 4.69) is 4.98 Å². The second kappa shape index (κ2) is 4.45. The van der Waals surface area contributed by atoms with Gasteiger partial charge in [-0.3, -0.25) is 9.78 Å². The summed E-state index contributed by atoms with van der Waals surface area (Å²) >= 11 is 0. The summed E-state index contributed by atoms with van der Waals surface area (Å²) in [6, 6.07) is 5.87. The van der Waals surface area contributed by atoms with Gasteiger partial charge in [-0.05, 0) is 49.2 Å². The van der Waals surface area contributed by atoms with Crippen molar-refractivity contribution in [3.63, 3.8) is 0 Å². The highest BCUT2D eigenvalue weighted by atomic mass is 19.1. The van der Waals surface area contributed by atoms with Gasteiger partial charge in [-0.15, -0.1) is 0 Å². The number of carbonyl (C=O) groups excluding carboxylic acids is 1. The molecule has 2 nitrogen and oxygen atoms in total. The molecule has 0 N–H and O–H groups in total. The lowest BCUT2D eigenvalue weighted by Gasteiger charge is -2.07. The van der Waals surface area contributed by atoms with Crippen LogP contribution in [0.3, 0.4) is 0 Å². The average Bonchev–Trinajstić information content (AvgIpc) is 2.29. The Bertz CT molecular complexity index is 578. The van der Waals surface area contributed by atoms with Crippen molar-refractivity contribution in [1.29, 1.82) is 0 Å². The van der Waals surface area contributed by atoms with Gasteiger partial charge in [0.05, 0.1) is 0 Å². The van der Waals surface area contributed by atoms with Crippen LogP contribution in [0, 0.1) is 19.7 Å². The summed E-state index contributed by atoms with van der Waals surface area (Å²) in [7, 11) is 0. The Hall–Kier alpha value is -2.03. The minimum atomic E-state index is -0.328. The van der Waals surface area contributed by atoms with Crippen molar-refractivity contribution in [2.75, 3.05) is 0 Å². The SMILES string of the molecule is Cc1cnccc1C(=O)c1ccc(F)cc1C. The third-order valence-electron chi connectivity index (χ3n) is 2.70. The number of rotatable bonds is 2. The monoisotopic (exact) mass is 229 g/mol. The Morgan fingerprint density at radius 1 is 1.12 bits per heavy atom. The summed E-state index contributed by atoms with van der Waals surface area (Å²) in [6.45, 7) is 3.56. The fourth-order valence-corrected chi connectivity index (χ4v) is 1.76. The Balaban J connectivity index is 2.48. The summed E-state index contributed by atoms with van der Waals surface area (Å²) in [5.74, 6) is -0.423. The van der Waals surface area contributed by atoms with Gasteiger partial charge in [0.1, 0.15) is 5.82 Å². The number of ketones is 1. The lowest BCUT2D eigenvalue weighted by Crippen LogP contribution is -2.06. The highest BCUT2D eigenvalue weighted by Crippen LogP contribution is 2.17. The lowest BCUT2D eigenvalue weighted by molar-refractivity contribution is 0.103. The lowest BCUT2D eigenvalue weighted by atomic mass is 9.97. The van der Waals surface area contributed by atoms with E-state index >= 15 is 0 Å². The van der Waals surface area contributed by atoms with E-state index in [9.17, 15) is 9.18 Å². The fraction of sp³-hybridized carbons (Fsp3) is 0.143. The van der Waals surface area contributed by atoms with Crippen LogP contribution in [0.2, 0.25) is 0 Å². The largest absolute Gasteiger partial charge is 0.289 e. The number of aromatic nitrogens is 1. The maximum absolute atomic E-state index is 13.0. The number of pyridine rings is 1. The standard InChI is InChI=1S/C14H12FNO/c1-9-7-11(15)3-4-12(9)14(17)13-5-6-16-8-10(13)2/h3-8H,1-2H3. The second-order valence-electron chi connectivity index (χ2n) is 3.98. The predicted octanol–water partition coefficient (Wildman–Crippen LogP) is 3.07. The Morgan fingerprint density at radius 3 is 2.47 bits per heavy atom. The Labute approximate surface area is 99.1 Å². The molecule has 2 rings (SSSR count). The zero-order valence-corrected chi connectivity index (χ0v) is 9.70. The number of carbonyl (C=O) groups is 1. The van der Waals surface area contributed by atoms with Crippen LogP contribution >= 0.6 is 0 Å². The zero-order chi connectivity index (χ0) is 12.4. The van der Waals surface area contributed by atoms with Gasteiger partial charge in [-0.1, -0.05) is 0 Å². The van der Waals surface area contributed by atoms with Gasteiger partial charge in [-0.25, -0.2) is 4.39 Å². The van der Waals surface area contributed by atoms with Gasteiger partial charge in [-0.2, -0.15) is 0 Å². The number of hydrogen-bond acceptors (Lipinski definition) is 2. The maximum atomic E-state index is 13.0. The Kier molecular flexibility index (Phi) is 3.00. The molecule has 1 aromatic carbocycles. The van der Waals surface area contributed by atoms with Gasteiger partial charge >= 0.3 is 0 Å². The van der Waals surface area contributed by atoms with Crippen LogP contribution in [-0.2, 0) is 0 Å². The summed E-state index contributed by atoms with van der Waals surface area (Å²) in [5, 5.41) is 0.